The van der Waals surface area contributed by atoms with Gasteiger partial charge in [0.05, 0.1) is 4.88 Å². The molecular weight excluding hydrogens is 324 g/mol. The van der Waals surface area contributed by atoms with E-state index in [0.717, 1.165) is 5.56 Å². The first-order valence-electron chi connectivity index (χ1n) is 6.92. The number of rotatable bonds is 8. The third kappa shape index (κ3) is 5.78. The van der Waals surface area contributed by atoms with Crippen LogP contribution in [-0.4, -0.2) is 18.3 Å². The van der Waals surface area contributed by atoms with Crippen LogP contribution in [-0.2, 0) is 11.3 Å². The topological polar surface area (TPSA) is 55.4 Å². The molecule has 1 amide bonds. The summed E-state index contributed by atoms with van der Waals surface area (Å²) >= 11 is 1.35. The SMILES string of the molecule is O=C(CCC(=O)c1cccs1)NCc1ccc(OC(F)F)cc1. The monoisotopic (exact) mass is 339 g/mol. The predicted molar refractivity (Wildman–Crippen MR) is 82.8 cm³/mol. The molecule has 2 aromatic rings. The Hall–Kier alpha value is -2.28. The van der Waals surface area contributed by atoms with Crippen LogP contribution in [0.15, 0.2) is 41.8 Å². The van der Waals surface area contributed by atoms with E-state index in [9.17, 15) is 18.4 Å². The van der Waals surface area contributed by atoms with Gasteiger partial charge in [0.15, 0.2) is 5.78 Å². The maximum Gasteiger partial charge on any atom is 0.387 e. The van der Waals surface area contributed by atoms with Crippen molar-refractivity contribution < 1.29 is 23.1 Å². The normalized spacial score (nSPS) is 10.6. The molecule has 0 saturated heterocycles. The molecule has 23 heavy (non-hydrogen) atoms. The van der Waals surface area contributed by atoms with Gasteiger partial charge in [0.1, 0.15) is 5.75 Å². The number of halogens is 2. The molecule has 0 unspecified atom stereocenters. The molecule has 7 heteroatoms. The average Bonchev–Trinajstić information content (AvgIpc) is 3.06. The van der Waals surface area contributed by atoms with E-state index in [1.165, 1.54) is 23.5 Å². The van der Waals surface area contributed by atoms with Gasteiger partial charge >= 0.3 is 6.61 Å². The third-order valence-corrected chi connectivity index (χ3v) is 3.92. The van der Waals surface area contributed by atoms with Crippen LogP contribution in [0, 0.1) is 0 Å². The molecule has 1 aromatic heterocycles. The van der Waals surface area contributed by atoms with E-state index < -0.39 is 6.61 Å². The van der Waals surface area contributed by atoms with E-state index in [2.05, 4.69) is 10.1 Å². The van der Waals surface area contributed by atoms with E-state index in [4.69, 9.17) is 0 Å². The summed E-state index contributed by atoms with van der Waals surface area (Å²) in [6, 6.07) is 9.53. The van der Waals surface area contributed by atoms with Gasteiger partial charge in [-0.3, -0.25) is 9.59 Å². The Kier molecular flexibility index (Phi) is 6.22. The molecule has 0 atom stereocenters. The Morgan fingerprint density at radius 3 is 2.48 bits per heavy atom. The number of amides is 1. The van der Waals surface area contributed by atoms with Crippen molar-refractivity contribution in [1.29, 1.82) is 0 Å². The highest BCUT2D eigenvalue weighted by molar-refractivity contribution is 7.12. The Labute approximate surface area is 136 Å². The maximum atomic E-state index is 12.0. The molecule has 0 spiro atoms. The lowest BCUT2D eigenvalue weighted by molar-refractivity contribution is -0.121. The number of ether oxygens (including phenoxy) is 1. The van der Waals surface area contributed by atoms with E-state index >= 15 is 0 Å². The minimum absolute atomic E-state index is 0.0522. The van der Waals surface area contributed by atoms with Crippen LogP contribution in [0.5, 0.6) is 5.75 Å². The van der Waals surface area contributed by atoms with Gasteiger partial charge in [-0.15, -0.1) is 11.3 Å². The van der Waals surface area contributed by atoms with Crippen LogP contribution in [0.2, 0.25) is 0 Å². The highest BCUT2D eigenvalue weighted by atomic mass is 32.1. The smallest absolute Gasteiger partial charge is 0.387 e. The minimum Gasteiger partial charge on any atom is -0.435 e. The number of hydrogen-bond donors (Lipinski definition) is 1. The van der Waals surface area contributed by atoms with E-state index in [-0.39, 0.29) is 36.8 Å². The summed E-state index contributed by atoms with van der Waals surface area (Å²) in [7, 11) is 0. The molecule has 0 aliphatic carbocycles. The summed E-state index contributed by atoms with van der Waals surface area (Å²) < 4.78 is 28.3. The second-order valence-corrected chi connectivity index (χ2v) is 5.65. The number of ketones is 1. The van der Waals surface area contributed by atoms with Crippen LogP contribution in [0.3, 0.4) is 0 Å². The molecular formula is C16H15F2NO3S. The van der Waals surface area contributed by atoms with E-state index in [0.29, 0.717) is 4.88 Å². The van der Waals surface area contributed by atoms with Gasteiger partial charge in [-0.25, -0.2) is 0 Å². The third-order valence-electron chi connectivity index (χ3n) is 3.01. The summed E-state index contributed by atoms with van der Waals surface area (Å²) in [5.41, 5.74) is 0.754. The molecule has 2 rings (SSSR count). The fourth-order valence-electron chi connectivity index (χ4n) is 1.87. The Morgan fingerprint density at radius 2 is 1.87 bits per heavy atom. The first-order chi connectivity index (χ1) is 11.0. The van der Waals surface area contributed by atoms with Crippen molar-refractivity contribution in [3.05, 3.63) is 52.2 Å². The van der Waals surface area contributed by atoms with E-state index in [1.54, 1.807) is 24.3 Å². The van der Waals surface area contributed by atoms with Crippen molar-refractivity contribution >= 4 is 23.0 Å². The first kappa shape index (κ1) is 17.1. The molecule has 1 N–H and O–H groups in total. The van der Waals surface area contributed by atoms with Crippen LogP contribution >= 0.6 is 11.3 Å². The van der Waals surface area contributed by atoms with Crippen LogP contribution in [0.4, 0.5) is 8.78 Å². The van der Waals surface area contributed by atoms with Crippen LogP contribution in [0.1, 0.15) is 28.1 Å². The highest BCUT2D eigenvalue weighted by Crippen LogP contribution is 2.15. The molecule has 0 aliphatic heterocycles. The summed E-state index contributed by atoms with van der Waals surface area (Å²) in [5, 5.41) is 4.50. The highest BCUT2D eigenvalue weighted by Gasteiger charge is 2.10. The minimum atomic E-state index is -2.86. The number of nitrogens with one attached hydrogen (secondary N) is 1. The fraction of sp³-hybridized carbons (Fsp3) is 0.250. The molecule has 4 nitrogen and oxygen atoms in total. The molecule has 0 saturated carbocycles. The van der Waals surface area contributed by atoms with Gasteiger partial charge in [-0.2, -0.15) is 8.78 Å². The van der Waals surface area contributed by atoms with Crippen molar-refractivity contribution in [3.8, 4) is 5.75 Å². The lowest BCUT2D eigenvalue weighted by atomic mass is 10.1. The summed E-state index contributed by atoms with van der Waals surface area (Å²) in [5.74, 6) is -0.219. The van der Waals surface area contributed by atoms with Crippen molar-refractivity contribution in [1.82, 2.24) is 5.32 Å². The number of carbonyl (C=O) groups is 2. The largest absolute Gasteiger partial charge is 0.435 e. The zero-order valence-corrected chi connectivity index (χ0v) is 12.9. The molecule has 1 aromatic carbocycles. The van der Waals surface area contributed by atoms with Crippen LogP contribution in [0.25, 0.3) is 0 Å². The lowest BCUT2D eigenvalue weighted by Gasteiger charge is -2.07. The Balaban J connectivity index is 1.72. The number of Topliss-reactive ketones (excluding diaryl/α,β-unsaturated/α-hetero) is 1. The second kappa shape index (κ2) is 8.38. The number of carbonyl (C=O) groups excluding carboxylic acids is 2. The Morgan fingerprint density at radius 1 is 1.13 bits per heavy atom. The van der Waals surface area contributed by atoms with E-state index in [1.807, 2.05) is 5.38 Å². The maximum absolute atomic E-state index is 12.0. The molecule has 0 radical (unpaired) electrons. The summed E-state index contributed by atoms with van der Waals surface area (Å²) in [6.07, 6.45) is 0.275. The van der Waals surface area contributed by atoms with Gasteiger partial charge in [-0.1, -0.05) is 18.2 Å². The number of hydrogen-bond acceptors (Lipinski definition) is 4. The molecule has 0 bridgehead atoms. The van der Waals surface area contributed by atoms with Crippen molar-refractivity contribution in [2.45, 2.75) is 26.0 Å². The van der Waals surface area contributed by atoms with Gasteiger partial charge in [0.2, 0.25) is 5.91 Å². The fourth-order valence-corrected chi connectivity index (χ4v) is 2.56. The summed E-state index contributed by atoms with van der Waals surface area (Å²) in [4.78, 5) is 24.1. The van der Waals surface area contributed by atoms with Gasteiger partial charge in [0.25, 0.3) is 0 Å². The second-order valence-electron chi connectivity index (χ2n) is 4.70. The quantitative estimate of drug-likeness (QED) is 0.747. The molecule has 122 valence electrons. The number of benzene rings is 1. The molecule has 1 heterocycles. The lowest BCUT2D eigenvalue weighted by Crippen LogP contribution is -2.23. The van der Waals surface area contributed by atoms with Crippen LogP contribution < -0.4 is 10.1 Å². The van der Waals surface area contributed by atoms with Crippen molar-refractivity contribution in [2.24, 2.45) is 0 Å². The zero-order chi connectivity index (χ0) is 16.7. The average molecular weight is 339 g/mol. The van der Waals surface area contributed by atoms with Gasteiger partial charge in [-0.05, 0) is 29.1 Å². The number of thiophene rings is 1. The van der Waals surface area contributed by atoms with Crippen molar-refractivity contribution in [3.63, 3.8) is 0 Å². The number of alkyl halides is 2. The first-order valence-corrected chi connectivity index (χ1v) is 7.79. The van der Waals surface area contributed by atoms with Gasteiger partial charge < -0.3 is 10.1 Å². The standard InChI is InChI=1S/C16H15F2NO3S/c17-16(18)22-12-5-3-11(4-6-12)10-19-15(21)8-7-13(20)14-2-1-9-23-14/h1-6,9,16H,7-8,10H2,(H,19,21). The zero-order valence-electron chi connectivity index (χ0n) is 12.1. The predicted octanol–water partition coefficient (Wildman–Crippen LogP) is 3.63. The Bertz CT molecular complexity index is 642. The van der Waals surface area contributed by atoms with Crippen molar-refractivity contribution in [2.75, 3.05) is 0 Å². The van der Waals surface area contributed by atoms with Gasteiger partial charge in [0, 0.05) is 19.4 Å². The molecule has 0 aliphatic rings. The molecule has 0 fully saturated rings. The summed E-state index contributed by atoms with van der Waals surface area (Å²) in [6.45, 7) is -2.59.